The van der Waals surface area contributed by atoms with Gasteiger partial charge in [-0.2, -0.15) is 0 Å². The summed E-state index contributed by atoms with van der Waals surface area (Å²) in [6.07, 6.45) is 8.90. The number of hydrogen-bond acceptors (Lipinski definition) is 4. The highest BCUT2D eigenvalue weighted by Gasteiger charge is 2.65. The maximum Gasteiger partial charge on any atom is 0.322 e. The Morgan fingerprint density at radius 2 is 1.74 bits per heavy atom. The van der Waals surface area contributed by atoms with Crippen molar-refractivity contribution in [3.63, 3.8) is 0 Å². The number of aliphatic hydroxyl groups is 1. The van der Waals surface area contributed by atoms with Crippen molar-refractivity contribution in [3.8, 4) is 0 Å². The van der Waals surface area contributed by atoms with E-state index in [-0.39, 0.29) is 41.2 Å². The molecule has 4 fully saturated rings. The Kier molecular flexibility index (Phi) is 7.21. The molecule has 192 valence electrons. The molecule has 0 aliphatic heterocycles. The molecule has 0 saturated heterocycles. The molecular formula is C28H45NO5. The lowest BCUT2D eigenvalue weighted by Crippen LogP contribution is -2.60. The number of fused-ring (bicyclic) bond motifs is 5. The lowest BCUT2D eigenvalue weighted by molar-refractivity contribution is -0.173. The van der Waals surface area contributed by atoms with Crippen LogP contribution in [0.15, 0.2) is 0 Å². The van der Waals surface area contributed by atoms with Crippen LogP contribution in [0.25, 0.3) is 0 Å². The molecule has 1 amide bonds. The van der Waals surface area contributed by atoms with E-state index in [4.69, 9.17) is 5.11 Å². The fraction of sp³-hybridized carbons (Fsp3) is 0.893. The number of Topliss-reactive ketones (excluding diaryl/α,β-unsaturated/α-hetero) is 1. The average molecular weight is 476 g/mol. The summed E-state index contributed by atoms with van der Waals surface area (Å²) in [6.45, 7) is 8.92. The predicted octanol–water partition coefficient (Wildman–Crippen LogP) is 4.44. The summed E-state index contributed by atoms with van der Waals surface area (Å²) >= 11 is 0. The van der Waals surface area contributed by atoms with Gasteiger partial charge in [-0.15, -0.1) is 0 Å². The lowest BCUT2D eigenvalue weighted by atomic mass is 9.42. The molecule has 34 heavy (non-hydrogen) atoms. The van der Waals surface area contributed by atoms with Crippen molar-refractivity contribution >= 4 is 17.7 Å². The number of carboxylic acids is 1. The third kappa shape index (κ3) is 4.22. The third-order valence-electron chi connectivity index (χ3n) is 11.2. The van der Waals surface area contributed by atoms with Gasteiger partial charge in [-0.25, -0.2) is 0 Å². The maximum atomic E-state index is 14.0. The highest BCUT2D eigenvalue weighted by Crippen LogP contribution is 2.68. The van der Waals surface area contributed by atoms with Gasteiger partial charge in [0.05, 0.1) is 6.10 Å². The van der Waals surface area contributed by atoms with E-state index in [0.29, 0.717) is 41.8 Å². The maximum absolute atomic E-state index is 14.0. The lowest BCUT2D eigenvalue weighted by Gasteiger charge is -2.62. The van der Waals surface area contributed by atoms with Gasteiger partial charge in [0.2, 0.25) is 5.91 Å². The van der Waals surface area contributed by atoms with Gasteiger partial charge < -0.3 is 15.5 Å². The van der Waals surface area contributed by atoms with Crippen LogP contribution in [-0.2, 0) is 14.4 Å². The van der Waals surface area contributed by atoms with E-state index in [2.05, 4.69) is 33.0 Å². The molecule has 0 aromatic rings. The number of rotatable bonds is 7. The minimum atomic E-state index is -1.02. The number of nitrogens with one attached hydrogen (secondary N) is 1. The van der Waals surface area contributed by atoms with Crippen molar-refractivity contribution in [3.05, 3.63) is 0 Å². The quantitative estimate of drug-likeness (QED) is 0.505. The third-order valence-corrected chi connectivity index (χ3v) is 11.2. The van der Waals surface area contributed by atoms with E-state index >= 15 is 0 Å². The molecule has 4 saturated carbocycles. The fourth-order valence-corrected chi connectivity index (χ4v) is 9.43. The van der Waals surface area contributed by atoms with Gasteiger partial charge >= 0.3 is 5.97 Å². The minimum absolute atomic E-state index is 0.0814. The molecule has 10 atom stereocenters. The van der Waals surface area contributed by atoms with E-state index in [1.807, 2.05) is 0 Å². The molecule has 0 spiro atoms. The van der Waals surface area contributed by atoms with Crippen molar-refractivity contribution in [2.24, 2.45) is 52.3 Å². The van der Waals surface area contributed by atoms with Crippen molar-refractivity contribution in [2.45, 2.75) is 98.0 Å². The first kappa shape index (κ1) is 25.7. The van der Waals surface area contributed by atoms with E-state index in [0.717, 1.165) is 57.8 Å². The zero-order valence-electron chi connectivity index (χ0n) is 21.5. The van der Waals surface area contributed by atoms with Crippen LogP contribution < -0.4 is 5.32 Å². The van der Waals surface area contributed by atoms with E-state index in [9.17, 15) is 19.5 Å². The van der Waals surface area contributed by atoms with Crippen molar-refractivity contribution < 1.29 is 24.6 Å². The van der Waals surface area contributed by atoms with Gasteiger partial charge in [-0.1, -0.05) is 27.7 Å². The standard InChI is InChI=1S/C28H45NO5/c1-5-18-22-14-17(30)10-12-28(22,4)21-11-13-27(3)19(7-8-20(27)25(21)26(18)34)16(2)6-9-23(31)29-15-24(32)33/h16-22,25,30H,5-15H2,1-4H3,(H,29,31)(H,32,33). The summed E-state index contributed by atoms with van der Waals surface area (Å²) in [4.78, 5) is 36.8. The molecule has 0 aromatic carbocycles. The summed E-state index contributed by atoms with van der Waals surface area (Å²) in [5, 5.41) is 21.7. The Labute approximate surface area is 204 Å². The van der Waals surface area contributed by atoms with Crippen LogP contribution in [0.5, 0.6) is 0 Å². The summed E-state index contributed by atoms with van der Waals surface area (Å²) in [7, 11) is 0. The predicted molar refractivity (Wildman–Crippen MR) is 130 cm³/mol. The minimum Gasteiger partial charge on any atom is -0.480 e. The van der Waals surface area contributed by atoms with Crippen molar-refractivity contribution in [1.29, 1.82) is 0 Å². The van der Waals surface area contributed by atoms with Gasteiger partial charge in [0.15, 0.2) is 0 Å². The molecule has 0 radical (unpaired) electrons. The van der Waals surface area contributed by atoms with E-state index < -0.39 is 5.97 Å². The monoisotopic (exact) mass is 475 g/mol. The first-order chi connectivity index (χ1) is 16.0. The van der Waals surface area contributed by atoms with Crippen LogP contribution in [0.1, 0.15) is 91.9 Å². The zero-order chi connectivity index (χ0) is 24.8. The highest BCUT2D eigenvalue weighted by molar-refractivity contribution is 5.86. The first-order valence-corrected chi connectivity index (χ1v) is 13.7. The Morgan fingerprint density at radius 3 is 2.41 bits per heavy atom. The second-order valence-electron chi connectivity index (χ2n) is 12.6. The first-order valence-electron chi connectivity index (χ1n) is 13.7. The molecule has 4 rings (SSSR count). The topological polar surface area (TPSA) is 104 Å². The SMILES string of the molecule is CCC1C(=O)C2C3CCC(C(C)CCC(=O)NCC(=O)O)C3(C)CCC2C2(C)CCC(O)CC12. The number of hydrogen-bond donors (Lipinski definition) is 3. The summed E-state index contributed by atoms with van der Waals surface area (Å²) in [5.74, 6) is 1.56. The number of aliphatic carboxylic acids is 1. The normalized spacial score (nSPS) is 44.5. The molecule has 0 aromatic heterocycles. The molecular weight excluding hydrogens is 430 g/mol. The molecule has 0 bridgehead atoms. The van der Waals surface area contributed by atoms with Gasteiger partial charge in [-0.05, 0) is 98.2 Å². The van der Waals surface area contributed by atoms with Gasteiger partial charge in [0.25, 0.3) is 0 Å². The van der Waals surface area contributed by atoms with Crippen LogP contribution in [0, 0.1) is 52.3 Å². The number of amides is 1. The second kappa shape index (κ2) is 9.55. The van der Waals surface area contributed by atoms with Crippen LogP contribution in [0.4, 0.5) is 0 Å². The molecule has 3 N–H and O–H groups in total. The Morgan fingerprint density at radius 1 is 1.06 bits per heavy atom. The molecule has 4 aliphatic rings. The van der Waals surface area contributed by atoms with Crippen molar-refractivity contribution in [1.82, 2.24) is 5.32 Å². The number of ketones is 1. The van der Waals surface area contributed by atoms with Crippen molar-refractivity contribution in [2.75, 3.05) is 6.54 Å². The number of carbonyl (C=O) groups excluding carboxylic acids is 2. The molecule has 0 heterocycles. The summed E-state index contributed by atoms with van der Waals surface area (Å²) in [5.41, 5.74) is 0.287. The van der Waals surface area contributed by atoms with Gasteiger partial charge in [-0.3, -0.25) is 14.4 Å². The second-order valence-corrected chi connectivity index (χ2v) is 12.6. The number of aliphatic hydroxyl groups excluding tert-OH is 1. The summed E-state index contributed by atoms with van der Waals surface area (Å²) in [6, 6.07) is 0. The Hall–Kier alpha value is -1.43. The fourth-order valence-electron chi connectivity index (χ4n) is 9.43. The highest BCUT2D eigenvalue weighted by atomic mass is 16.4. The van der Waals surface area contributed by atoms with Crippen LogP contribution >= 0.6 is 0 Å². The Balaban J connectivity index is 1.50. The van der Waals surface area contributed by atoms with E-state index in [1.54, 1.807) is 0 Å². The molecule has 4 aliphatic carbocycles. The van der Waals surface area contributed by atoms with E-state index in [1.165, 1.54) is 0 Å². The number of carboxylic acid groups (broad SMARTS) is 1. The Bertz CT molecular complexity index is 813. The molecule has 10 unspecified atom stereocenters. The molecule has 6 heteroatoms. The molecule has 6 nitrogen and oxygen atoms in total. The largest absolute Gasteiger partial charge is 0.480 e. The summed E-state index contributed by atoms with van der Waals surface area (Å²) < 4.78 is 0. The van der Waals surface area contributed by atoms with Gasteiger partial charge in [0, 0.05) is 18.3 Å². The average Bonchev–Trinajstić information content (AvgIpc) is 3.14. The zero-order valence-corrected chi connectivity index (χ0v) is 21.5. The smallest absolute Gasteiger partial charge is 0.322 e. The van der Waals surface area contributed by atoms with Crippen LogP contribution in [0.2, 0.25) is 0 Å². The number of carbonyl (C=O) groups is 3. The van der Waals surface area contributed by atoms with Gasteiger partial charge in [0.1, 0.15) is 12.3 Å². The van der Waals surface area contributed by atoms with Crippen LogP contribution in [-0.4, -0.2) is 40.5 Å². The van der Waals surface area contributed by atoms with Crippen LogP contribution in [0.3, 0.4) is 0 Å².